The summed E-state index contributed by atoms with van der Waals surface area (Å²) in [4.78, 5) is 0. The quantitative estimate of drug-likeness (QED) is 0.532. The predicted molar refractivity (Wildman–Crippen MR) is 91.4 cm³/mol. The van der Waals surface area contributed by atoms with Crippen molar-refractivity contribution in [3.8, 4) is 12.3 Å². The molecule has 0 aliphatic heterocycles. The molecule has 0 aliphatic carbocycles. The van der Waals surface area contributed by atoms with Gasteiger partial charge in [-0.25, -0.2) is 0 Å². The van der Waals surface area contributed by atoms with Gasteiger partial charge in [-0.15, -0.1) is 16.6 Å². The van der Waals surface area contributed by atoms with Crippen molar-refractivity contribution in [2.75, 3.05) is 0 Å². The average Bonchev–Trinajstić information content (AvgIpc) is 3.09. The Hall–Kier alpha value is -3.06. The van der Waals surface area contributed by atoms with Crippen LogP contribution < -0.4 is 0 Å². The number of benzene rings is 1. The van der Waals surface area contributed by atoms with Crippen molar-refractivity contribution < 1.29 is 0 Å². The minimum Gasteiger partial charge on any atom is -0.339 e. The van der Waals surface area contributed by atoms with Gasteiger partial charge in [0.05, 0.1) is 11.0 Å². The van der Waals surface area contributed by atoms with Gasteiger partial charge in [-0.1, -0.05) is 18.1 Å². The second-order valence-corrected chi connectivity index (χ2v) is 5.76. The lowest BCUT2D eigenvalue weighted by Crippen LogP contribution is -2.02. The molecule has 3 heterocycles. The van der Waals surface area contributed by atoms with Gasteiger partial charge in [0.2, 0.25) is 0 Å². The number of terminal acetylenes is 1. The van der Waals surface area contributed by atoms with E-state index in [1.54, 1.807) is 0 Å². The van der Waals surface area contributed by atoms with Gasteiger partial charge in [-0.3, -0.25) is 4.40 Å². The van der Waals surface area contributed by atoms with Crippen molar-refractivity contribution >= 4 is 16.7 Å². The molecule has 0 aliphatic rings. The summed E-state index contributed by atoms with van der Waals surface area (Å²) in [5, 5.41) is 8.37. The predicted octanol–water partition coefficient (Wildman–Crippen LogP) is 3.33. The summed E-state index contributed by atoms with van der Waals surface area (Å²) in [5.74, 6) is 3.60. The van der Waals surface area contributed by atoms with Crippen LogP contribution in [-0.4, -0.2) is 19.2 Å². The number of hydrogen-bond acceptors (Lipinski definition) is 2. The molecule has 0 amide bonds. The summed E-state index contributed by atoms with van der Waals surface area (Å²) in [5.41, 5.74) is 6.49. The van der Waals surface area contributed by atoms with Crippen molar-refractivity contribution in [3.63, 3.8) is 0 Å². The van der Waals surface area contributed by atoms with Crippen molar-refractivity contribution in [2.24, 2.45) is 0 Å². The second kappa shape index (κ2) is 4.99. The van der Waals surface area contributed by atoms with Crippen LogP contribution in [0.3, 0.4) is 0 Å². The summed E-state index contributed by atoms with van der Waals surface area (Å²) in [7, 11) is 0. The van der Waals surface area contributed by atoms with Crippen LogP contribution >= 0.6 is 0 Å². The van der Waals surface area contributed by atoms with Crippen molar-refractivity contribution in [2.45, 2.75) is 20.4 Å². The molecular formula is C19H16N4. The molecular weight excluding hydrogens is 284 g/mol. The molecule has 112 valence electrons. The summed E-state index contributed by atoms with van der Waals surface area (Å²) in [6.07, 6.45) is 5.51. The Balaban J connectivity index is 1.90. The summed E-state index contributed by atoms with van der Waals surface area (Å²) < 4.78 is 4.39. The van der Waals surface area contributed by atoms with Gasteiger partial charge < -0.3 is 4.57 Å². The minimum atomic E-state index is 0.789. The number of pyridine rings is 1. The lowest BCUT2D eigenvalue weighted by Gasteiger charge is -2.09. The number of rotatable bonds is 2. The molecule has 4 rings (SSSR count). The molecule has 4 heteroatoms. The van der Waals surface area contributed by atoms with Gasteiger partial charge >= 0.3 is 0 Å². The Labute approximate surface area is 134 Å². The van der Waals surface area contributed by atoms with E-state index in [9.17, 15) is 0 Å². The van der Waals surface area contributed by atoms with Crippen molar-refractivity contribution in [3.05, 3.63) is 65.1 Å². The zero-order chi connectivity index (χ0) is 16.0. The normalized spacial score (nSPS) is 11.2. The van der Waals surface area contributed by atoms with Gasteiger partial charge in [0, 0.05) is 17.8 Å². The Bertz CT molecular complexity index is 1080. The van der Waals surface area contributed by atoms with E-state index in [4.69, 9.17) is 6.42 Å². The van der Waals surface area contributed by atoms with E-state index < -0.39 is 0 Å². The number of aryl methyl sites for hydroxylation is 2. The van der Waals surface area contributed by atoms with E-state index >= 15 is 0 Å². The zero-order valence-electron chi connectivity index (χ0n) is 13.1. The van der Waals surface area contributed by atoms with E-state index in [1.807, 2.05) is 25.1 Å². The third-order valence-corrected chi connectivity index (χ3v) is 4.24. The first kappa shape index (κ1) is 13.6. The molecule has 0 N–H and O–H groups in total. The van der Waals surface area contributed by atoms with Crippen LogP contribution in [0.1, 0.15) is 22.6 Å². The molecule has 0 saturated heterocycles. The van der Waals surface area contributed by atoms with Crippen LogP contribution in [0.25, 0.3) is 16.7 Å². The van der Waals surface area contributed by atoms with Crippen LogP contribution in [0.15, 0.2) is 42.5 Å². The molecule has 0 saturated carbocycles. The molecule has 0 fully saturated rings. The molecule has 0 radical (unpaired) electrons. The van der Waals surface area contributed by atoms with Gasteiger partial charge in [0.15, 0.2) is 5.65 Å². The molecule has 3 aromatic heterocycles. The number of fused-ring (bicyclic) bond motifs is 3. The SMILES string of the molecule is C#Cc1cccc(Cn2c(C)cc3c2ccc2nnc(C)n23)c1. The highest BCUT2D eigenvalue weighted by Gasteiger charge is 2.12. The Kier molecular flexibility index (Phi) is 2.95. The van der Waals surface area contributed by atoms with E-state index in [2.05, 4.69) is 56.3 Å². The van der Waals surface area contributed by atoms with Crippen molar-refractivity contribution in [1.29, 1.82) is 0 Å². The van der Waals surface area contributed by atoms with Crippen LogP contribution in [0.5, 0.6) is 0 Å². The smallest absolute Gasteiger partial charge is 0.161 e. The fraction of sp³-hybridized carbons (Fsp3) is 0.158. The highest BCUT2D eigenvalue weighted by molar-refractivity contribution is 5.81. The third-order valence-electron chi connectivity index (χ3n) is 4.24. The van der Waals surface area contributed by atoms with Crippen LogP contribution in [0.2, 0.25) is 0 Å². The summed E-state index contributed by atoms with van der Waals surface area (Å²) >= 11 is 0. The van der Waals surface area contributed by atoms with Gasteiger partial charge in [0.1, 0.15) is 5.82 Å². The van der Waals surface area contributed by atoms with E-state index in [-0.39, 0.29) is 0 Å². The largest absolute Gasteiger partial charge is 0.339 e. The topological polar surface area (TPSA) is 35.1 Å². The lowest BCUT2D eigenvalue weighted by atomic mass is 10.1. The van der Waals surface area contributed by atoms with Gasteiger partial charge in [-0.2, -0.15) is 0 Å². The maximum absolute atomic E-state index is 5.51. The first-order valence-corrected chi connectivity index (χ1v) is 7.53. The van der Waals surface area contributed by atoms with Crippen LogP contribution in [0.4, 0.5) is 0 Å². The number of aromatic nitrogens is 4. The highest BCUT2D eigenvalue weighted by Crippen LogP contribution is 2.23. The zero-order valence-corrected chi connectivity index (χ0v) is 13.1. The molecule has 0 atom stereocenters. The molecule has 4 nitrogen and oxygen atoms in total. The van der Waals surface area contributed by atoms with E-state index in [0.717, 1.165) is 29.1 Å². The molecule has 0 bridgehead atoms. The second-order valence-electron chi connectivity index (χ2n) is 5.76. The monoisotopic (exact) mass is 300 g/mol. The van der Waals surface area contributed by atoms with Crippen LogP contribution in [0, 0.1) is 26.2 Å². The first-order valence-electron chi connectivity index (χ1n) is 7.53. The van der Waals surface area contributed by atoms with Crippen LogP contribution in [-0.2, 0) is 6.54 Å². The molecule has 23 heavy (non-hydrogen) atoms. The maximum atomic E-state index is 5.51. The van der Waals surface area contributed by atoms with Gasteiger partial charge in [0.25, 0.3) is 0 Å². The Morgan fingerprint density at radius 2 is 1.91 bits per heavy atom. The van der Waals surface area contributed by atoms with Gasteiger partial charge in [-0.05, 0) is 49.7 Å². The molecule has 0 unspecified atom stereocenters. The molecule has 4 aromatic rings. The highest BCUT2D eigenvalue weighted by atomic mass is 15.2. The number of hydrogen-bond donors (Lipinski definition) is 0. The minimum absolute atomic E-state index is 0.789. The lowest BCUT2D eigenvalue weighted by molar-refractivity contribution is 0.804. The maximum Gasteiger partial charge on any atom is 0.161 e. The third kappa shape index (κ3) is 2.09. The Morgan fingerprint density at radius 3 is 2.74 bits per heavy atom. The van der Waals surface area contributed by atoms with Crippen molar-refractivity contribution in [1.82, 2.24) is 19.2 Å². The fourth-order valence-corrected chi connectivity index (χ4v) is 3.12. The number of nitrogens with zero attached hydrogens (tertiary/aromatic N) is 4. The van der Waals surface area contributed by atoms with E-state index in [1.165, 1.54) is 16.8 Å². The summed E-state index contributed by atoms with van der Waals surface area (Å²) in [6, 6.07) is 14.4. The summed E-state index contributed by atoms with van der Waals surface area (Å²) in [6.45, 7) is 4.89. The fourth-order valence-electron chi connectivity index (χ4n) is 3.12. The molecule has 1 aromatic carbocycles. The average molecular weight is 300 g/mol. The molecule has 0 spiro atoms. The Morgan fingerprint density at radius 1 is 1.04 bits per heavy atom. The van der Waals surface area contributed by atoms with E-state index in [0.29, 0.717) is 0 Å². The standard InChI is InChI=1S/C19H16N4/c1-4-15-6-5-7-16(11-15)12-22-13(2)10-18-17(22)8-9-19-21-20-14(3)23(18)19/h1,5-11H,12H2,2-3H3. The first-order chi connectivity index (χ1) is 11.2.